The predicted molar refractivity (Wildman–Crippen MR) is 121 cm³/mol. The molecule has 3 N–H and O–H groups in total. The van der Waals surface area contributed by atoms with Gasteiger partial charge in [-0.1, -0.05) is 12.1 Å². The monoisotopic (exact) mass is 460 g/mol. The van der Waals surface area contributed by atoms with Gasteiger partial charge in [0.1, 0.15) is 12.4 Å². The summed E-state index contributed by atoms with van der Waals surface area (Å²) >= 11 is 0. The Morgan fingerprint density at radius 3 is 2.30 bits per heavy atom. The zero-order chi connectivity index (χ0) is 23.5. The van der Waals surface area contributed by atoms with Gasteiger partial charge in [-0.15, -0.1) is 0 Å². The van der Waals surface area contributed by atoms with Gasteiger partial charge in [-0.3, -0.25) is 4.79 Å². The predicted octanol–water partition coefficient (Wildman–Crippen LogP) is 4.07. The molecule has 4 aliphatic carbocycles. The minimum atomic E-state index is -1.21. The molecule has 0 radical (unpaired) electrons. The van der Waals surface area contributed by atoms with Crippen molar-refractivity contribution >= 4 is 12.0 Å². The summed E-state index contributed by atoms with van der Waals surface area (Å²) in [6, 6.07) is 8.17. The van der Waals surface area contributed by atoms with Crippen molar-refractivity contribution in [3.05, 3.63) is 41.7 Å². The van der Waals surface area contributed by atoms with Gasteiger partial charge in [0.15, 0.2) is 0 Å². The molecule has 4 fully saturated rings. The lowest BCUT2D eigenvalue weighted by Crippen LogP contribution is -2.56. The number of hydrogen-bond acceptors (Lipinski definition) is 4. The van der Waals surface area contributed by atoms with Crippen molar-refractivity contribution in [1.82, 2.24) is 10.6 Å². The van der Waals surface area contributed by atoms with E-state index in [4.69, 9.17) is 14.6 Å². The first kappa shape index (κ1) is 23.5. The number of nitrogens with one attached hydrogen (secondary N) is 2. The van der Waals surface area contributed by atoms with Crippen LogP contribution in [0.1, 0.15) is 56.9 Å². The molecule has 8 heteroatoms. The third-order valence-corrected chi connectivity index (χ3v) is 8.00. The summed E-state index contributed by atoms with van der Waals surface area (Å²) in [6.07, 6.45) is 7.02. The van der Waals surface area contributed by atoms with Crippen LogP contribution in [-0.2, 0) is 14.9 Å². The van der Waals surface area contributed by atoms with E-state index in [2.05, 4.69) is 22.8 Å². The number of methoxy groups -OCH3 is 1. The van der Waals surface area contributed by atoms with Gasteiger partial charge in [0.05, 0.1) is 12.4 Å². The van der Waals surface area contributed by atoms with E-state index in [0.717, 1.165) is 51.4 Å². The van der Waals surface area contributed by atoms with Gasteiger partial charge in [0, 0.05) is 30.7 Å². The summed E-state index contributed by atoms with van der Waals surface area (Å²) in [5.41, 5.74) is 1.36. The molecule has 0 spiro atoms. The molecule has 0 saturated heterocycles. The Morgan fingerprint density at radius 2 is 1.76 bits per heavy atom. The molecule has 2 bridgehead atoms. The number of hydrogen-bond donors (Lipinski definition) is 3. The smallest absolute Gasteiger partial charge is 0.404 e. The van der Waals surface area contributed by atoms with Crippen molar-refractivity contribution in [3.63, 3.8) is 0 Å². The van der Waals surface area contributed by atoms with Crippen molar-refractivity contribution in [2.24, 2.45) is 5.41 Å². The highest BCUT2D eigenvalue weighted by atomic mass is 19.1. The van der Waals surface area contributed by atoms with E-state index in [1.807, 2.05) is 12.1 Å². The van der Waals surface area contributed by atoms with Crippen LogP contribution in [-0.4, -0.2) is 49.5 Å². The molecule has 4 saturated carbocycles. The number of fused-ring (bicyclic) bond motifs is 3. The third-order valence-electron chi connectivity index (χ3n) is 8.00. The van der Waals surface area contributed by atoms with E-state index in [-0.39, 0.29) is 47.6 Å². The molecule has 2 amide bonds. The molecular weight excluding hydrogens is 427 g/mol. The Morgan fingerprint density at radius 1 is 1.12 bits per heavy atom. The van der Waals surface area contributed by atoms with E-state index >= 15 is 0 Å². The maximum atomic E-state index is 13.1. The summed E-state index contributed by atoms with van der Waals surface area (Å²) in [4.78, 5) is 23.6. The summed E-state index contributed by atoms with van der Waals surface area (Å²) in [5.74, 6) is 0.841. The highest BCUT2D eigenvalue weighted by molar-refractivity contribution is 5.83. The van der Waals surface area contributed by atoms with Gasteiger partial charge >= 0.3 is 6.09 Å². The van der Waals surface area contributed by atoms with Gasteiger partial charge in [0.25, 0.3) is 0 Å². The standard InChI is InChI=1S/C25H33FN2O5/c1-32-21-12-19(13-21)28-22(29)25-9-6-24(7-10-25,8-11-25)18-2-4-20(5-3-18)33-16-17(14-26)15-27-23(30)31/h2-5,14,19,21,27H,6-13,15-16H2,1H3,(H,28,29)(H,30,31)/b17-14+. The number of carbonyl (C=O) groups excluding carboxylic acids is 1. The minimum Gasteiger partial charge on any atom is -0.489 e. The second kappa shape index (κ2) is 9.71. The van der Waals surface area contributed by atoms with Crippen molar-refractivity contribution in [2.75, 3.05) is 20.3 Å². The lowest BCUT2D eigenvalue weighted by molar-refractivity contribution is -0.140. The zero-order valence-electron chi connectivity index (χ0n) is 19.1. The molecule has 180 valence electrons. The normalized spacial score (nSPS) is 30.9. The number of ether oxygens (including phenoxy) is 2. The van der Waals surface area contributed by atoms with Crippen molar-refractivity contribution in [2.45, 2.75) is 68.9 Å². The molecule has 5 rings (SSSR count). The van der Waals surface area contributed by atoms with E-state index in [1.54, 1.807) is 7.11 Å². The van der Waals surface area contributed by atoms with Gasteiger partial charge < -0.3 is 25.2 Å². The van der Waals surface area contributed by atoms with Crippen LogP contribution in [0.15, 0.2) is 36.2 Å². The fourth-order valence-electron chi connectivity index (χ4n) is 5.56. The minimum absolute atomic E-state index is 0.0228. The molecule has 0 atom stereocenters. The first-order chi connectivity index (χ1) is 15.9. The van der Waals surface area contributed by atoms with Gasteiger partial charge in [-0.25, -0.2) is 9.18 Å². The first-order valence-electron chi connectivity index (χ1n) is 11.7. The number of carboxylic acid groups (broad SMARTS) is 1. The van der Waals surface area contributed by atoms with E-state index in [0.29, 0.717) is 12.1 Å². The van der Waals surface area contributed by atoms with Gasteiger partial charge in [-0.05, 0) is 74.5 Å². The average Bonchev–Trinajstić information content (AvgIpc) is 2.82. The van der Waals surface area contributed by atoms with Crippen molar-refractivity contribution < 1.29 is 28.6 Å². The Balaban J connectivity index is 1.30. The highest BCUT2D eigenvalue weighted by Gasteiger charge is 2.53. The molecule has 1 aromatic rings. The zero-order valence-corrected chi connectivity index (χ0v) is 19.1. The van der Waals surface area contributed by atoms with Crippen molar-refractivity contribution in [1.29, 1.82) is 0 Å². The second-order valence-corrected chi connectivity index (χ2v) is 9.80. The number of halogens is 1. The fourth-order valence-corrected chi connectivity index (χ4v) is 5.56. The fraction of sp³-hybridized carbons (Fsp3) is 0.600. The third kappa shape index (κ3) is 5.00. The van der Waals surface area contributed by atoms with Crippen LogP contribution >= 0.6 is 0 Å². The van der Waals surface area contributed by atoms with Crippen LogP contribution in [0.4, 0.5) is 9.18 Å². The Hall–Kier alpha value is -2.61. The molecule has 7 nitrogen and oxygen atoms in total. The molecule has 0 aromatic heterocycles. The maximum absolute atomic E-state index is 13.1. The highest BCUT2D eigenvalue weighted by Crippen LogP contribution is 2.58. The van der Waals surface area contributed by atoms with Crippen LogP contribution in [0.3, 0.4) is 0 Å². The van der Waals surface area contributed by atoms with E-state index in [9.17, 15) is 14.0 Å². The molecule has 1 aromatic carbocycles. The molecular formula is C25H33FN2O5. The lowest BCUT2D eigenvalue weighted by atomic mass is 9.51. The Kier molecular flexibility index (Phi) is 6.93. The average molecular weight is 461 g/mol. The maximum Gasteiger partial charge on any atom is 0.404 e. The molecule has 4 aliphatic rings. The topological polar surface area (TPSA) is 96.9 Å². The SMILES string of the molecule is COC1CC(NC(=O)C23CCC(c4ccc(OC/C(=C/F)CNC(=O)O)cc4)(CC2)CC3)C1. The molecule has 0 aliphatic heterocycles. The molecule has 0 unspecified atom stereocenters. The largest absolute Gasteiger partial charge is 0.489 e. The van der Waals surface area contributed by atoms with Crippen LogP contribution in [0.2, 0.25) is 0 Å². The van der Waals surface area contributed by atoms with Crippen LogP contribution in [0.5, 0.6) is 5.75 Å². The van der Waals surface area contributed by atoms with E-state index in [1.165, 1.54) is 5.56 Å². The Labute approximate surface area is 193 Å². The van der Waals surface area contributed by atoms with Crippen LogP contribution < -0.4 is 15.4 Å². The van der Waals surface area contributed by atoms with Crippen molar-refractivity contribution in [3.8, 4) is 5.75 Å². The summed E-state index contributed by atoms with van der Waals surface area (Å²) in [5, 5.41) is 14.0. The summed E-state index contributed by atoms with van der Waals surface area (Å²) in [6.45, 7) is -0.138. The number of rotatable bonds is 9. The molecule has 33 heavy (non-hydrogen) atoms. The first-order valence-corrected chi connectivity index (χ1v) is 11.7. The van der Waals surface area contributed by atoms with Crippen LogP contribution in [0, 0.1) is 5.41 Å². The number of amides is 2. The number of carbonyl (C=O) groups is 2. The quantitative estimate of drug-likeness (QED) is 0.516. The van der Waals surface area contributed by atoms with Gasteiger partial charge in [-0.2, -0.15) is 0 Å². The summed E-state index contributed by atoms with van der Waals surface area (Å²) < 4.78 is 23.9. The van der Waals surface area contributed by atoms with E-state index < -0.39 is 6.09 Å². The Bertz CT molecular complexity index is 870. The molecule has 0 heterocycles. The van der Waals surface area contributed by atoms with Gasteiger partial charge in [0.2, 0.25) is 5.91 Å². The van der Waals surface area contributed by atoms with Crippen LogP contribution in [0.25, 0.3) is 0 Å². The lowest BCUT2D eigenvalue weighted by Gasteiger charge is -2.53. The number of benzene rings is 1. The summed E-state index contributed by atoms with van der Waals surface area (Å²) in [7, 11) is 1.72. The second-order valence-electron chi connectivity index (χ2n) is 9.80.